The first-order valence-electron chi connectivity index (χ1n) is 4.72. The van der Waals surface area contributed by atoms with Crippen molar-refractivity contribution in [1.82, 2.24) is 0 Å². The fraction of sp³-hybridized carbons (Fsp3) is 0.875. The highest BCUT2D eigenvalue weighted by atomic mass is 32.2. The van der Waals surface area contributed by atoms with Crippen molar-refractivity contribution in [2.75, 3.05) is 17.8 Å². The van der Waals surface area contributed by atoms with E-state index >= 15 is 0 Å². The SMILES string of the molecule is CCC(C(=O)O)S(=O)(=O)CCCS(C)(=O)=O. The Bertz CT molecular complexity index is 433. The molecule has 0 aliphatic carbocycles. The summed E-state index contributed by atoms with van der Waals surface area (Å²) in [6, 6.07) is 0. The normalized spacial score (nSPS) is 14.6. The topological polar surface area (TPSA) is 106 Å². The third-order valence-corrected chi connectivity index (χ3v) is 5.31. The highest BCUT2D eigenvalue weighted by Gasteiger charge is 2.30. The van der Waals surface area contributed by atoms with E-state index in [1.807, 2.05) is 0 Å². The van der Waals surface area contributed by atoms with Crippen molar-refractivity contribution < 1.29 is 26.7 Å². The van der Waals surface area contributed by atoms with Gasteiger partial charge in [0, 0.05) is 6.26 Å². The predicted octanol–water partition coefficient (Wildman–Crippen LogP) is -0.301. The molecule has 96 valence electrons. The molecule has 0 saturated heterocycles. The molecule has 0 fully saturated rings. The number of carbonyl (C=O) groups is 1. The Morgan fingerprint density at radius 3 is 2.00 bits per heavy atom. The van der Waals surface area contributed by atoms with Gasteiger partial charge < -0.3 is 5.11 Å². The molecule has 0 radical (unpaired) electrons. The maximum atomic E-state index is 11.5. The van der Waals surface area contributed by atoms with E-state index in [1.165, 1.54) is 6.92 Å². The zero-order chi connectivity index (χ0) is 13.0. The van der Waals surface area contributed by atoms with Gasteiger partial charge >= 0.3 is 5.97 Å². The van der Waals surface area contributed by atoms with Crippen LogP contribution in [0.1, 0.15) is 19.8 Å². The second-order valence-electron chi connectivity index (χ2n) is 3.59. The van der Waals surface area contributed by atoms with E-state index in [4.69, 9.17) is 5.11 Å². The number of carboxylic acid groups (broad SMARTS) is 1. The zero-order valence-electron chi connectivity index (χ0n) is 9.21. The highest BCUT2D eigenvalue weighted by molar-refractivity contribution is 7.93. The van der Waals surface area contributed by atoms with E-state index in [0.29, 0.717) is 0 Å². The highest BCUT2D eigenvalue weighted by Crippen LogP contribution is 2.09. The van der Waals surface area contributed by atoms with Crippen molar-refractivity contribution in [1.29, 1.82) is 0 Å². The van der Waals surface area contributed by atoms with Crippen LogP contribution in [0.5, 0.6) is 0 Å². The van der Waals surface area contributed by atoms with Gasteiger partial charge in [-0.15, -0.1) is 0 Å². The molecule has 1 N–H and O–H groups in total. The van der Waals surface area contributed by atoms with Crippen LogP contribution in [0.2, 0.25) is 0 Å². The van der Waals surface area contributed by atoms with E-state index in [0.717, 1.165) is 6.26 Å². The van der Waals surface area contributed by atoms with Gasteiger partial charge in [0.15, 0.2) is 15.1 Å². The van der Waals surface area contributed by atoms with E-state index < -0.39 is 36.6 Å². The van der Waals surface area contributed by atoms with E-state index in [9.17, 15) is 21.6 Å². The van der Waals surface area contributed by atoms with Gasteiger partial charge in [-0.3, -0.25) is 4.79 Å². The molecule has 0 aliphatic rings. The standard InChI is InChI=1S/C8H16O6S2/c1-3-7(8(9)10)16(13,14)6-4-5-15(2,11)12/h7H,3-6H2,1-2H3,(H,9,10). The smallest absolute Gasteiger partial charge is 0.321 e. The Kier molecular flexibility index (Phi) is 5.40. The maximum Gasteiger partial charge on any atom is 0.321 e. The first kappa shape index (κ1) is 15.4. The molecule has 0 spiro atoms. The lowest BCUT2D eigenvalue weighted by Gasteiger charge is -2.10. The van der Waals surface area contributed by atoms with Crippen LogP contribution in [-0.2, 0) is 24.5 Å². The number of sulfone groups is 2. The Morgan fingerprint density at radius 2 is 1.69 bits per heavy atom. The second kappa shape index (κ2) is 5.62. The maximum absolute atomic E-state index is 11.5. The Morgan fingerprint density at radius 1 is 1.19 bits per heavy atom. The average molecular weight is 272 g/mol. The van der Waals surface area contributed by atoms with Crippen LogP contribution in [0.15, 0.2) is 0 Å². The van der Waals surface area contributed by atoms with Gasteiger partial charge in [-0.2, -0.15) is 0 Å². The second-order valence-corrected chi connectivity index (χ2v) is 8.15. The van der Waals surface area contributed by atoms with Gasteiger partial charge in [0.05, 0.1) is 11.5 Å². The van der Waals surface area contributed by atoms with Crippen molar-refractivity contribution in [3.8, 4) is 0 Å². The largest absolute Gasteiger partial charge is 0.480 e. The molecule has 0 heterocycles. The molecular formula is C8H16O6S2. The van der Waals surface area contributed by atoms with Crippen LogP contribution in [-0.4, -0.2) is 50.9 Å². The molecule has 0 aromatic carbocycles. The van der Waals surface area contributed by atoms with Gasteiger partial charge in [-0.1, -0.05) is 6.92 Å². The van der Waals surface area contributed by atoms with Crippen molar-refractivity contribution in [2.45, 2.75) is 25.0 Å². The minimum atomic E-state index is -3.76. The van der Waals surface area contributed by atoms with Crippen molar-refractivity contribution in [2.24, 2.45) is 0 Å². The first-order valence-corrected chi connectivity index (χ1v) is 8.50. The van der Waals surface area contributed by atoms with Gasteiger partial charge in [0.1, 0.15) is 9.84 Å². The number of aliphatic carboxylic acids is 1. The van der Waals surface area contributed by atoms with Crippen LogP contribution in [0, 0.1) is 0 Å². The molecule has 1 unspecified atom stereocenters. The number of hydrogen-bond donors (Lipinski definition) is 1. The summed E-state index contributed by atoms with van der Waals surface area (Å²) in [5.41, 5.74) is 0. The quantitative estimate of drug-likeness (QED) is 0.682. The fourth-order valence-corrected chi connectivity index (χ4v) is 3.74. The van der Waals surface area contributed by atoms with Crippen molar-refractivity contribution >= 4 is 25.6 Å². The van der Waals surface area contributed by atoms with Crippen molar-refractivity contribution in [3.05, 3.63) is 0 Å². The molecule has 0 aliphatic heterocycles. The summed E-state index contributed by atoms with van der Waals surface area (Å²) in [6.45, 7) is 1.47. The Balaban J connectivity index is 4.53. The Hall–Kier alpha value is -0.630. The number of carboxylic acids is 1. The summed E-state index contributed by atoms with van der Waals surface area (Å²) >= 11 is 0. The summed E-state index contributed by atoms with van der Waals surface area (Å²) in [5, 5.41) is 7.23. The molecule has 8 heteroatoms. The third-order valence-electron chi connectivity index (χ3n) is 2.02. The Labute approximate surface area is 95.5 Å². The van der Waals surface area contributed by atoms with E-state index in [1.54, 1.807) is 0 Å². The van der Waals surface area contributed by atoms with Crippen LogP contribution in [0.25, 0.3) is 0 Å². The summed E-state index contributed by atoms with van der Waals surface area (Å²) in [7, 11) is -6.97. The molecule has 0 amide bonds. The average Bonchev–Trinajstić information content (AvgIpc) is 1.99. The van der Waals surface area contributed by atoms with Crippen LogP contribution >= 0.6 is 0 Å². The number of hydrogen-bond acceptors (Lipinski definition) is 5. The predicted molar refractivity (Wildman–Crippen MR) is 59.8 cm³/mol. The lowest BCUT2D eigenvalue weighted by Crippen LogP contribution is -2.32. The molecule has 1 atom stereocenters. The minimum absolute atomic E-state index is 0.0173. The third kappa shape index (κ3) is 5.45. The first-order chi connectivity index (χ1) is 7.10. The van der Waals surface area contributed by atoms with Crippen molar-refractivity contribution in [3.63, 3.8) is 0 Å². The van der Waals surface area contributed by atoms with Crippen LogP contribution < -0.4 is 0 Å². The van der Waals surface area contributed by atoms with Crippen LogP contribution in [0.3, 0.4) is 0 Å². The van der Waals surface area contributed by atoms with Gasteiger partial charge in [-0.05, 0) is 12.8 Å². The summed E-state index contributed by atoms with van der Waals surface area (Å²) in [4.78, 5) is 10.6. The number of rotatable bonds is 7. The zero-order valence-corrected chi connectivity index (χ0v) is 10.8. The van der Waals surface area contributed by atoms with E-state index in [-0.39, 0.29) is 18.6 Å². The monoisotopic (exact) mass is 272 g/mol. The molecule has 0 aromatic heterocycles. The molecule has 16 heavy (non-hydrogen) atoms. The molecule has 6 nitrogen and oxygen atoms in total. The lowest BCUT2D eigenvalue weighted by atomic mass is 10.3. The molecular weight excluding hydrogens is 256 g/mol. The van der Waals surface area contributed by atoms with Crippen LogP contribution in [0.4, 0.5) is 0 Å². The minimum Gasteiger partial charge on any atom is -0.480 e. The summed E-state index contributed by atoms with van der Waals surface area (Å²) < 4.78 is 44.6. The van der Waals surface area contributed by atoms with E-state index in [2.05, 4.69) is 0 Å². The van der Waals surface area contributed by atoms with Gasteiger partial charge in [-0.25, -0.2) is 16.8 Å². The molecule has 0 aromatic rings. The summed E-state index contributed by atoms with van der Waals surface area (Å²) in [6.07, 6.45) is 0.926. The molecule has 0 bridgehead atoms. The summed E-state index contributed by atoms with van der Waals surface area (Å²) in [5.74, 6) is -2.05. The van der Waals surface area contributed by atoms with Gasteiger partial charge in [0.2, 0.25) is 0 Å². The molecule has 0 rings (SSSR count). The molecule has 0 saturated carbocycles. The fourth-order valence-electron chi connectivity index (χ4n) is 1.25. The van der Waals surface area contributed by atoms with Gasteiger partial charge in [0.25, 0.3) is 0 Å². The lowest BCUT2D eigenvalue weighted by molar-refractivity contribution is -0.136.